The number of amides is 1. The van der Waals surface area contributed by atoms with Crippen LogP contribution in [0.2, 0.25) is 0 Å². The van der Waals surface area contributed by atoms with Crippen LogP contribution in [0, 0.1) is 0 Å². The summed E-state index contributed by atoms with van der Waals surface area (Å²) in [6.45, 7) is 4.25. The van der Waals surface area contributed by atoms with E-state index in [1.165, 1.54) is 57.8 Å². The van der Waals surface area contributed by atoms with Crippen LogP contribution in [0.3, 0.4) is 0 Å². The second-order valence-electron chi connectivity index (χ2n) is 7.07. The normalized spacial score (nSPS) is 15.1. The van der Waals surface area contributed by atoms with Crippen molar-refractivity contribution < 1.29 is 4.79 Å². The molecule has 1 amide bonds. The van der Waals surface area contributed by atoms with Gasteiger partial charge in [0.15, 0.2) is 0 Å². The quantitative estimate of drug-likeness (QED) is 0.265. The zero-order valence-electron chi connectivity index (χ0n) is 16.0. The van der Waals surface area contributed by atoms with Gasteiger partial charge in [0.2, 0.25) is 5.91 Å². The molecule has 138 valence electrons. The largest absolute Gasteiger partial charge is 0.343 e. The van der Waals surface area contributed by atoms with E-state index in [9.17, 15) is 4.79 Å². The number of unbranched alkanes of at least 4 members (excludes halogenated alkanes) is 8. The van der Waals surface area contributed by atoms with Crippen molar-refractivity contribution in [1.29, 1.82) is 0 Å². The van der Waals surface area contributed by atoms with E-state index in [4.69, 9.17) is 0 Å². The molecule has 0 aromatic carbocycles. The lowest BCUT2D eigenvalue weighted by Gasteiger charge is -2.14. The topological polar surface area (TPSA) is 20.3 Å². The number of rotatable bonds is 14. The van der Waals surface area contributed by atoms with Gasteiger partial charge >= 0.3 is 0 Å². The van der Waals surface area contributed by atoms with Gasteiger partial charge < -0.3 is 4.90 Å². The van der Waals surface area contributed by atoms with Crippen molar-refractivity contribution in [1.82, 2.24) is 4.90 Å². The monoisotopic (exact) mass is 333 g/mol. The molecular weight excluding hydrogens is 294 g/mol. The first-order valence-electron chi connectivity index (χ1n) is 10.4. The van der Waals surface area contributed by atoms with Crippen LogP contribution < -0.4 is 0 Å². The Morgan fingerprint density at radius 3 is 2.04 bits per heavy atom. The molecule has 1 heterocycles. The molecule has 1 rings (SSSR count). The fraction of sp³-hybridized carbons (Fsp3) is 0.773. The second kappa shape index (κ2) is 15.5. The van der Waals surface area contributed by atoms with Gasteiger partial charge in [-0.1, -0.05) is 63.3 Å². The third kappa shape index (κ3) is 11.5. The van der Waals surface area contributed by atoms with E-state index in [1.807, 2.05) is 4.90 Å². The standard InChI is InChI=1S/C22H39NO/c1-2-3-4-5-6-7-8-9-10-11-12-13-14-15-16-19-22(24)23-20-17-18-21-23/h9-10,12-13H,2-8,11,14-21H2,1H3. The van der Waals surface area contributed by atoms with E-state index in [-0.39, 0.29) is 0 Å². The molecule has 0 aliphatic carbocycles. The fourth-order valence-electron chi connectivity index (χ4n) is 3.21. The third-order valence-electron chi connectivity index (χ3n) is 4.80. The van der Waals surface area contributed by atoms with E-state index >= 15 is 0 Å². The van der Waals surface area contributed by atoms with Gasteiger partial charge in [0, 0.05) is 19.5 Å². The summed E-state index contributed by atoms with van der Waals surface area (Å²) in [7, 11) is 0. The number of allylic oxidation sites excluding steroid dienone is 4. The summed E-state index contributed by atoms with van der Waals surface area (Å²) in [6.07, 6.45) is 26.1. The van der Waals surface area contributed by atoms with Crippen molar-refractivity contribution >= 4 is 5.91 Å². The fourth-order valence-corrected chi connectivity index (χ4v) is 3.21. The minimum absolute atomic E-state index is 0.370. The Hall–Kier alpha value is -1.05. The van der Waals surface area contributed by atoms with Gasteiger partial charge in [-0.15, -0.1) is 0 Å². The molecule has 0 saturated carbocycles. The van der Waals surface area contributed by atoms with Gasteiger partial charge in [-0.2, -0.15) is 0 Å². The number of carbonyl (C=O) groups is 1. The minimum Gasteiger partial charge on any atom is -0.343 e. The average Bonchev–Trinajstić information content (AvgIpc) is 3.13. The van der Waals surface area contributed by atoms with Crippen LogP contribution >= 0.6 is 0 Å². The zero-order valence-corrected chi connectivity index (χ0v) is 16.0. The summed E-state index contributed by atoms with van der Waals surface area (Å²) in [4.78, 5) is 13.9. The Labute approximate surface area is 150 Å². The number of hydrogen-bond donors (Lipinski definition) is 0. The predicted molar refractivity (Wildman–Crippen MR) is 105 cm³/mol. The van der Waals surface area contributed by atoms with Crippen LogP contribution in [0.4, 0.5) is 0 Å². The molecule has 0 N–H and O–H groups in total. The van der Waals surface area contributed by atoms with E-state index < -0.39 is 0 Å². The highest BCUT2D eigenvalue weighted by Crippen LogP contribution is 2.11. The molecule has 0 bridgehead atoms. The highest BCUT2D eigenvalue weighted by Gasteiger charge is 2.16. The Morgan fingerprint density at radius 1 is 0.792 bits per heavy atom. The van der Waals surface area contributed by atoms with Crippen LogP contribution in [0.1, 0.15) is 96.8 Å². The lowest BCUT2D eigenvalue weighted by molar-refractivity contribution is -0.130. The van der Waals surface area contributed by atoms with Gasteiger partial charge in [-0.05, 0) is 51.4 Å². The molecule has 1 saturated heterocycles. The Balaban J connectivity index is 1.84. The Kier molecular flexibility index (Phi) is 13.5. The van der Waals surface area contributed by atoms with Gasteiger partial charge in [-0.3, -0.25) is 4.79 Å². The van der Waals surface area contributed by atoms with Gasteiger partial charge in [-0.25, -0.2) is 0 Å². The second-order valence-corrected chi connectivity index (χ2v) is 7.07. The van der Waals surface area contributed by atoms with Crippen LogP contribution in [0.5, 0.6) is 0 Å². The van der Waals surface area contributed by atoms with E-state index in [0.29, 0.717) is 5.91 Å². The molecule has 0 atom stereocenters. The predicted octanol–water partition coefficient (Wildman–Crippen LogP) is 6.42. The van der Waals surface area contributed by atoms with Crippen molar-refractivity contribution in [2.75, 3.05) is 13.1 Å². The minimum atomic E-state index is 0.370. The molecule has 0 radical (unpaired) electrons. The lowest BCUT2D eigenvalue weighted by atomic mass is 10.1. The highest BCUT2D eigenvalue weighted by atomic mass is 16.2. The number of carbonyl (C=O) groups excluding carboxylic acids is 1. The first kappa shape index (κ1) is 21.0. The first-order chi connectivity index (χ1) is 11.8. The molecule has 1 aliphatic rings. The van der Waals surface area contributed by atoms with Crippen molar-refractivity contribution in [3.05, 3.63) is 24.3 Å². The summed E-state index contributed by atoms with van der Waals surface area (Å²) in [5.74, 6) is 0.370. The van der Waals surface area contributed by atoms with Crippen molar-refractivity contribution in [2.24, 2.45) is 0 Å². The summed E-state index contributed by atoms with van der Waals surface area (Å²) < 4.78 is 0. The summed E-state index contributed by atoms with van der Waals surface area (Å²) in [5, 5.41) is 0. The van der Waals surface area contributed by atoms with E-state index in [1.54, 1.807) is 0 Å². The highest BCUT2D eigenvalue weighted by molar-refractivity contribution is 5.76. The lowest BCUT2D eigenvalue weighted by Crippen LogP contribution is -2.27. The SMILES string of the molecule is CCCCCCCCC=CCC=CCCCCC(=O)N1CCCC1. The Morgan fingerprint density at radius 2 is 1.38 bits per heavy atom. The molecule has 1 fully saturated rings. The third-order valence-corrected chi connectivity index (χ3v) is 4.80. The van der Waals surface area contributed by atoms with E-state index in [0.717, 1.165) is 45.2 Å². The zero-order chi connectivity index (χ0) is 17.3. The van der Waals surface area contributed by atoms with E-state index in [2.05, 4.69) is 31.2 Å². The number of likely N-dealkylation sites (tertiary alicyclic amines) is 1. The molecule has 0 aromatic rings. The molecule has 2 heteroatoms. The van der Waals surface area contributed by atoms with Crippen LogP contribution in [-0.4, -0.2) is 23.9 Å². The molecule has 0 spiro atoms. The summed E-state index contributed by atoms with van der Waals surface area (Å²) >= 11 is 0. The molecule has 24 heavy (non-hydrogen) atoms. The Bertz CT molecular complexity index is 353. The number of hydrogen-bond acceptors (Lipinski definition) is 1. The van der Waals surface area contributed by atoms with Crippen molar-refractivity contribution in [3.8, 4) is 0 Å². The maximum absolute atomic E-state index is 11.9. The van der Waals surface area contributed by atoms with Gasteiger partial charge in [0.25, 0.3) is 0 Å². The smallest absolute Gasteiger partial charge is 0.222 e. The maximum Gasteiger partial charge on any atom is 0.222 e. The van der Waals surface area contributed by atoms with Gasteiger partial charge in [0.1, 0.15) is 0 Å². The van der Waals surface area contributed by atoms with Crippen LogP contribution in [0.25, 0.3) is 0 Å². The molecule has 1 aliphatic heterocycles. The van der Waals surface area contributed by atoms with Crippen molar-refractivity contribution in [2.45, 2.75) is 96.8 Å². The molecule has 0 unspecified atom stereocenters. The summed E-state index contributed by atoms with van der Waals surface area (Å²) in [6, 6.07) is 0. The maximum atomic E-state index is 11.9. The molecule has 0 aromatic heterocycles. The average molecular weight is 334 g/mol. The van der Waals surface area contributed by atoms with Gasteiger partial charge in [0.05, 0.1) is 0 Å². The first-order valence-corrected chi connectivity index (χ1v) is 10.4. The van der Waals surface area contributed by atoms with Crippen LogP contribution in [-0.2, 0) is 4.79 Å². The summed E-state index contributed by atoms with van der Waals surface area (Å²) in [5.41, 5.74) is 0. The van der Waals surface area contributed by atoms with Crippen molar-refractivity contribution in [3.63, 3.8) is 0 Å². The number of nitrogens with zero attached hydrogens (tertiary/aromatic N) is 1. The molecular formula is C22H39NO. The molecule has 2 nitrogen and oxygen atoms in total. The van der Waals surface area contributed by atoms with Crippen LogP contribution in [0.15, 0.2) is 24.3 Å².